The SMILES string of the molecule is CCC(C)(C)NC(=O)COC(=O)CSc1nnc(-c2ccccc2F)n1-c1ccccc1. The molecule has 1 amide bonds. The third kappa shape index (κ3) is 5.94. The normalized spacial score (nSPS) is 11.2. The fraction of sp³-hybridized carbons (Fsp3) is 0.304. The van der Waals surface area contributed by atoms with E-state index in [9.17, 15) is 14.0 Å². The molecule has 0 spiro atoms. The summed E-state index contributed by atoms with van der Waals surface area (Å²) in [6.07, 6.45) is 0.752. The number of aromatic nitrogens is 3. The van der Waals surface area contributed by atoms with Crippen molar-refractivity contribution in [2.75, 3.05) is 12.4 Å². The molecule has 0 fully saturated rings. The fourth-order valence-corrected chi connectivity index (χ4v) is 3.55. The van der Waals surface area contributed by atoms with Crippen LogP contribution in [-0.4, -0.2) is 44.5 Å². The van der Waals surface area contributed by atoms with Gasteiger partial charge in [-0.3, -0.25) is 14.2 Å². The van der Waals surface area contributed by atoms with E-state index in [1.807, 2.05) is 51.1 Å². The minimum absolute atomic E-state index is 0.0767. The van der Waals surface area contributed by atoms with Crippen molar-refractivity contribution in [3.63, 3.8) is 0 Å². The summed E-state index contributed by atoms with van der Waals surface area (Å²) in [4.78, 5) is 24.2. The number of hydrogen-bond donors (Lipinski definition) is 1. The van der Waals surface area contributed by atoms with Gasteiger partial charge in [-0.25, -0.2) is 4.39 Å². The lowest BCUT2D eigenvalue weighted by Crippen LogP contribution is -2.44. The summed E-state index contributed by atoms with van der Waals surface area (Å²) >= 11 is 1.10. The van der Waals surface area contributed by atoms with E-state index < -0.39 is 11.8 Å². The maximum atomic E-state index is 14.4. The van der Waals surface area contributed by atoms with Gasteiger partial charge in [-0.1, -0.05) is 49.0 Å². The van der Waals surface area contributed by atoms with E-state index in [4.69, 9.17) is 4.74 Å². The van der Waals surface area contributed by atoms with Crippen molar-refractivity contribution >= 4 is 23.6 Å². The van der Waals surface area contributed by atoms with Gasteiger partial charge in [0, 0.05) is 11.2 Å². The summed E-state index contributed by atoms with van der Waals surface area (Å²) in [6, 6.07) is 15.5. The molecule has 1 heterocycles. The van der Waals surface area contributed by atoms with Crippen molar-refractivity contribution in [1.29, 1.82) is 0 Å². The molecule has 168 valence electrons. The van der Waals surface area contributed by atoms with Crippen LogP contribution in [0.1, 0.15) is 27.2 Å². The van der Waals surface area contributed by atoms with E-state index >= 15 is 0 Å². The van der Waals surface area contributed by atoms with Crippen molar-refractivity contribution in [3.8, 4) is 17.1 Å². The number of nitrogens with zero attached hydrogens (tertiary/aromatic N) is 3. The molecule has 0 saturated heterocycles. The predicted octanol–water partition coefficient (Wildman–Crippen LogP) is 4.01. The highest BCUT2D eigenvalue weighted by Crippen LogP contribution is 2.29. The first-order chi connectivity index (χ1) is 15.3. The Morgan fingerprint density at radius 2 is 1.78 bits per heavy atom. The first kappa shape index (κ1) is 23.5. The third-order valence-electron chi connectivity index (χ3n) is 4.81. The molecule has 1 N–H and O–H groups in total. The highest BCUT2D eigenvalue weighted by atomic mass is 32.2. The van der Waals surface area contributed by atoms with Gasteiger partial charge >= 0.3 is 5.97 Å². The molecule has 3 rings (SSSR count). The van der Waals surface area contributed by atoms with E-state index in [-0.39, 0.29) is 23.8 Å². The molecule has 0 unspecified atom stereocenters. The average Bonchev–Trinajstić information content (AvgIpc) is 3.20. The predicted molar refractivity (Wildman–Crippen MR) is 121 cm³/mol. The molecule has 7 nitrogen and oxygen atoms in total. The van der Waals surface area contributed by atoms with Crippen molar-refractivity contribution in [2.24, 2.45) is 0 Å². The highest BCUT2D eigenvalue weighted by molar-refractivity contribution is 7.99. The Balaban J connectivity index is 1.73. The molecule has 0 atom stereocenters. The van der Waals surface area contributed by atoms with E-state index in [1.54, 1.807) is 22.8 Å². The molecular formula is C23H25FN4O3S. The Hall–Kier alpha value is -3.20. The van der Waals surface area contributed by atoms with E-state index in [0.29, 0.717) is 16.5 Å². The number of carbonyl (C=O) groups excluding carboxylic acids is 2. The molecule has 3 aromatic rings. The van der Waals surface area contributed by atoms with Crippen LogP contribution in [0, 0.1) is 5.82 Å². The summed E-state index contributed by atoms with van der Waals surface area (Å²) < 4.78 is 21.2. The quantitative estimate of drug-likeness (QED) is 0.387. The average molecular weight is 457 g/mol. The number of para-hydroxylation sites is 1. The molecule has 0 bridgehead atoms. The van der Waals surface area contributed by atoms with Crippen LogP contribution in [0.2, 0.25) is 0 Å². The monoisotopic (exact) mass is 456 g/mol. The fourth-order valence-electron chi connectivity index (χ4n) is 2.80. The number of thioether (sulfide) groups is 1. The second-order valence-electron chi connectivity index (χ2n) is 7.69. The van der Waals surface area contributed by atoms with Gasteiger partial charge in [-0.2, -0.15) is 0 Å². The zero-order valence-corrected chi connectivity index (χ0v) is 19.0. The first-order valence-corrected chi connectivity index (χ1v) is 11.1. The van der Waals surface area contributed by atoms with Crippen LogP contribution >= 0.6 is 11.8 Å². The van der Waals surface area contributed by atoms with Gasteiger partial charge in [-0.15, -0.1) is 10.2 Å². The van der Waals surface area contributed by atoms with Crippen molar-refractivity contribution in [2.45, 2.75) is 37.9 Å². The number of esters is 1. The molecular weight excluding hydrogens is 431 g/mol. The van der Waals surface area contributed by atoms with Gasteiger partial charge < -0.3 is 10.1 Å². The molecule has 0 saturated carbocycles. The number of ether oxygens (including phenoxy) is 1. The van der Waals surface area contributed by atoms with E-state index in [1.165, 1.54) is 6.07 Å². The largest absolute Gasteiger partial charge is 0.455 e. The molecule has 2 aromatic carbocycles. The van der Waals surface area contributed by atoms with Gasteiger partial charge in [0.25, 0.3) is 5.91 Å². The van der Waals surface area contributed by atoms with Crippen LogP contribution < -0.4 is 5.32 Å². The van der Waals surface area contributed by atoms with Gasteiger partial charge in [0.15, 0.2) is 17.6 Å². The number of nitrogens with one attached hydrogen (secondary N) is 1. The Kier molecular flexibility index (Phi) is 7.63. The Bertz CT molecular complexity index is 1090. The van der Waals surface area contributed by atoms with Gasteiger partial charge in [-0.05, 0) is 44.5 Å². The number of rotatable bonds is 9. The van der Waals surface area contributed by atoms with Crippen LogP contribution in [0.5, 0.6) is 0 Å². The van der Waals surface area contributed by atoms with Crippen LogP contribution in [0.25, 0.3) is 17.1 Å². The van der Waals surface area contributed by atoms with Crippen LogP contribution in [0.15, 0.2) is 59.8 Å². The van der Waals surface area contributed by atoms with Crippen molar-refractivity contribution in [1.82, 2.24) is 20.1 Å². The Labute approximate surface area is 190 Å². The molecule has 1 aromatic heterocycles. The van der Waals surface area contributed by atoms with E-state index in [0.717, 1.165) is 23.9 Å². The van der Waals surface area contributed by atoms with Gasteiger partial charge in [0.1, 0.15) is 5.82 Å². The lowest BCUT2D eigenvalue weighted by atomic mass is 10.0. The van der Waals surface area contributed by atoms with Crippen LogP contribution in [-0.2, 0) is 14.3 Å². The number of halogens is 1. The lowest BCUT2D eigenvalue weighted by Gasteiger charge is -2.24. The van der Waals surface area contributed by atoms with Gasteiger partial charge in [0.2, 0.25) is 0 Å². The van der Waals surface area contributed by atoms with E-state index in [2.05, 4.69) is 15.5 Å². The molecule has 0 aliphatic carbocycles. The summed E-state index contributed by atoms with van der Waals surface area (Å²) in [5.41, 5.74) is 0.661. The zero-order chi connectivity index (χ0) is 23.1. The molecule has 0 radical (unpaired) electrons. The summed E-state index contributed by atoms with van der Waals surface area (Å²) in [5, 5.41) is 11.5. The molecule has 9 heteroatoms. The molecule has 0 aliphatic rings. The second-order valence-corrected chi connectivity index (χ2v) is 8.63. The lowest BCUT2D eigenvalue weighted by molar-refractivity contribution is -0.146. The maximum Gasteiger partial charge on any atom is 0.316 e. The summed E-state index contributed by atoms with van der Waals surface area (Å²) in [5.74, 6) is -1.09. The number of amides is 1. The number of hydrogen-bond acceptors (Lipinski definition) is 6. The topological polar surface area (TPSA) is 86.1 Å². The third-order valence-corrected chi connectivity index (χ3v) is 5.71. The maximum absolute atomic E-state index is 14.4. The Morgan fingerprint density at radius 3 is 2.47 bits per heavy atom. The summed E-state index contributed by atoms with van der Waals surface area (Å²) in [6.45, 7) is 5.40. The Morgan fingerprint density at radius 1 is 1.09 bits per heavy atom. The smallest absolute Gasteiger partial charge is 0.316 e. The van der Waals surface area contributed by atoms with Gasteiger partial charge in [0.05, 0.1) is 11.3 Å². The minimum Gasteiger partial charge on any atom is -0.455 e. The van der Waals surface area contributed by atoms with Crippen LogP contribution in [0.3, 0.4) is 0 Å². The second kappa shape index (κ2) is 10.4. The number of carbonyl (C=O) groups is 2. The number of benzene rings is 2. The van der Waals surface area contributed by atoms with Crippen molar-refractivity contribution < 1.29 is 18.7 Å². The minimum atomic E-state index is -0.561. The first-order valence-electron chi connectivity index (χ1n) is 10.2. The molecule has 0 aliphatic heterocycles. The van der Waals surface area contributed by atoms with Crippen LogP contribution in [0.4, 0.5) is 4.39 Å². The van der Waals surface area contributed by atoms with Crippen molar-refractivity contribution in [3.05, 3.63) is 60.4 Å². The zero-order valence-electron chi connectivity index (χ0n) is 18.2. The highest BCUT2D eigenvalue weighted by Gasteiger charge is 2.21. The molecule has 32 heavy (non-hydrogen) atoms. The standard InChI is InChI=1S/C23H25FN4O3S/c1-4-23(2,3)25-19(29)14-31-20(30)15-32-22-27-26-21(17-12-8-9-13-18(17)24)28(22)16-10-6-5-7-11-16/h5-13H,4,14-15H2,1-3H3,(H,25,29). The summed E-state index contributed by atoms with van der Waals surface area (Å²) in [7, 11) is 0.